The van der Waals surface area contributed by atoms with Crippen molar-refractivity contribution < 1.29 is 9.53 Å². The molecule has 5 heteroatoms. The van der Waals surface area contributed by atoms with Crippen LogP contribution in [0.3, 0.4) is 0 Å². The Labute approximate surface area is 135 Å². The molecule has 0 saturated carbocycles. The molecule has 122 valence electrons. The number of aryl methyl sites for hydroxylation is 3. The van der Waals surface area contributed by atoms with Gasteiger partial charge < -0.3 is 4.74 Å². The first-order chi connectivity index (χ1) is 10.8. The first-order valence-electron chi connectivity index (χ1n) is 7.69. The molecule has 0 aliphatic rings. The third-order valence-electron chi connectivity index (χ3n) is 3.94. The minimum absolute atomic E-state index is 0.272. The Bertz CT molecular complexity index is 793. The van der Waals surface area contributed by atoms with Crippen LogP contribution in [0.25, 0.3) is 11.3 Å². The van der Waals surface area contributed by atoms with Crippen LogP contribution in [0, 0.1) is 20.8 Å². The molecule has 0 spiro atoms. The minimum Gasteiger partial charge on any atom is -0.464 e. The van der Waals surface area contributed by atoms with Gasteiger partial charge in [-0.2, -0.15) is 5.10 Å². The van der Waals surface area contributed by atoms with Gasteiger partial charge in [0.2, 0.25) is 0 Å². The van der Waals surface area contributed by atoms with Gasteiger partial charge in [-0.25, -0.2) is 9.48 Å². The van der Waals surface area contributed by atoms with E-state index in [0.29, 0.717) is 5.69 Å². The van der Waals surface area contributed by atoms with Crippen LogP contribution in [0.4, 0.5) is 0 Å². The highest BCUT2D eigenvalue weighted by Crippen LogP contribution is 2.24. The number of carbonyl (C=O) groups is 1. The monoisotopic (exact) mass is 314 g/mol. The number of carbonyl (C=O) groups excluding carboxylic acids is 1. The van der Waals surface area contributed by atoms with E-state index in [4.69, 9.17) is 4.74 Å². The van der Waals surface area contributed by atoms with E-state index >= 15 is 0 Å². The smallest absolute Gasteiger partial charge is 0.330 e. The molecule has 0 bridgehead atoms. The summed E-state index contributed by atoms with van der Waals surface area (Å²) in [5.74, 6) is -0.462. The number of hydrogen-bond donors (Lipinski definition) is 0. The summed E-state index contributed by atoms with van der Waals surface area (Å²) in [4.78, 5) is 23.9. The van der Waals surface area contributed by atoms with Crippen LogP contribution in [0.1, 0.15) is 36.6 Å². The van der Waals surface area contributed by atoms with E-state index in [1.165, 1.54) is 16.3 Å². The maximum absolute atomic E-state index is 12.1. The van der Waals surface area contributed by atoms with E-state index in [1.807, 2.05) is 13.8 Å². The molecule has 2 rings (SSSR count). The third kappa shape index (κ3) is 3.50. The Morgan fingerprint density at radius 1 is 1.17 bits per heavy atom. The van der Waals surface area contributed by atoms with Crippen molar-refractivity contribution in [2.24, 2.45) is 0 Å². The van der Waals surface area contributed by atoms with E-state index in [0.717, 1.165) is 16.7 Å². The number of nitrogens with zero attached hydrogens (tertiary/aromatic N) is 2. The summed E-state index contributed by atoms with van der Waals surface area (Å²) in [6.45, 7) is 9.72. The molecule has 0 aliphatic carbocycles. The van der Waals surface area contributed by atoms with Crippen molar-refractivity contribution in [2.45, 2.75) is 40.7 Å². The van der Waals surface area contributed by atoms with Gasteiger partial charge in [-0.1, -0.05) is 6.07 Å². The van der Waals surface area contributed by atoms with Crippen LogP contribution in [-0.4, -0.2) is 22.4 Å². The summed E-state index contributed by atoms with van der Waals surface area (Å²) >= 11 is 0. The van der Waals surface area contributed by atoms with Crippen molar-refractivity contribution in [3.05, 3.63) is 51.3 Å². The first kappa shape index (κ1) is 16.9. The normalized spacial score (nSPS) is 12.0. The molecule has 2 aromatic rings. The maximum atomic E-state index is 12.1. The van der Waals surface area contributed by atoms with Crippen LogP contribution < -0.4 is 5.56 Å². The van der Waals surface area contributed by atoms with Gasteiger partial charge in [0, 0.05) is 11.6 Å². The molecule has 0 N–H and O–H groups in total. The number of hydrogen-bond acceptors (Lipinski definition) is 4. The predicted molar refractivity (Wildman–Crippen MR) is 89.5 cm³/mol. The molecule has 23 heavy (non-hydrogen) atoms. The van der Waals surface area contributed by atoms with E-state index in [9.17, 15) is 9.59 Å². The van der Waals surface area contributed by atoms with Crippen molar-refractivity contribution >= 4 is 5.97 Å². The minimum atomic E-state index is -0.755. The van der Waals surface area contributed by atoms with E-state index in [1.54, 1.807) is 19.9 Å². The Morgan fingerprint density at radius 2 is 1.83 bits per heavy atom. The zero-order valence-corrected chi connectivity index (χ0v) is 14.2. The standard InChI is InChI=1S/C18H22N2O3/c1-6-23-18(22)14(5)20-17(21)8-7-16(19-20)15-10-12(3)11(2)9-13(15)4/h7-10,14H,6H2,1-5H3. The fourth-order valence-corrected chi connectivity index (χ4v) is 2.45. The zero-order valence-electron chi connectivity index (χ0n) is 14.2. The average Bonchev–Trinajstić information content (AvgIpc) is 2.51. The molecule has 1 aromatic heterocycles. The zero-order chi connectivity index (χ0) is 17.1. The maximum Gasteiger partial charge on any atom is 0.330 e. The fraction of sp³-hybridized carbons (Fsp3) is 0.389. The van der Waals surface area contributed by atoms with E-state index < -0.39 is 12.0 Å². The lowest BCUT2D eigenvalue weighted by molar-refractivity contribution is -0.147. The van der Waals surface area contributed by atoms with Gasteiger partial charge in [0.1, 0.15) is 0 Å². The molecule has 1 heterocycles. The number of aromatic nitrogens is 2. The quantitative estimate of drug-likeness (QED) is 0.814. The molecule has 0 radical (unpaired) electrons. The van der Waals surface area contributed by atoms with E-state index in [2.05, 4.69) is 24.2 Å². The Morgan fingerprint density at radius 3 is 2.48 bits per heavy atom. The SMILES string of the molecule is CCOC(=O)C(C)n1nc(-c2cc(C)c(C)cc2C)ccc1=O. The second-order valence-corrected chi connectivity index (χ2v) is 5.68. The largest absolute Gasteiger partial charge is 0.464 e. The van der Waals surface area contributed by atoms with Gasteiger partial charge in [0.15, 0.2) is 6.04 Å². The lowest BCUT2D eigenvalue weighted by atomic mass is 9.99. The summed E-state index contributed by atoms with van der Waals surface area (Å²) in [5, 5.41) is 4.38. The molecule has 1 atom stereocenters. The second-order valence-electron chi connectivity index (χ2n) is 5.68. The fourth-order valence-electron chi connectivity index (χ4n) is 2.45. The molecule has 0 aliphatic heterocycles. The Hall–Kier alpha value is -2.43. The summed E-state index contributed by atoms with van der Waals surface area (Å²) in [6, 6.07) is 6.52. The highest BCUT2D eigenvalue weighted by atomic mass is 16.5. The second kappa shape index (κ2) is 6.77. The van der Waals surface area contributed by atoms with Crippen LogP contribution in [0.2, 0.25) is 0 Å². The average molecular weight is 314 g/mol. The van der Waals surface area contributed by atoms with Crippen LogP contribution in [-0.2, 0) is 9.53 Å². The first-order valence-corrected chi connectivity index (χ1v) is 7.69. The number of esters is 1. The topological polar surface area (TPSA) is 61.2 Å². The van der Waals surface area contributed by atoms with Crippen LogP contribution >= 0.6 is 0 Å². The molecule has 1 unspecified atom stereocenters. The summed E-state index contributed by atoms with van der Waals surface area (Å²) in [6.07, 6.45) is 0. The third-order valence-corrected chi connectivity index (χ3v) is 3.94. The van der Waals surface area contributed by atoms with Crippen molar-refractivity contribution in [2.75, 3.05) is 6.61 Å². The molecule has 0 saturated heterocycles. The van der Waals surface area contributed by atoms with Gasteiger partial charge in [-0.05, 0) is 63.4 Å². The van der Waals surface area contributed by atoms with Crippen LogP contribution in [0.15, 0.2) is 29.1 Å². The van der Waals surface area contributed by atoms with Gasteiger partial charge in [0.05, 0.1) is 12.3 Å². The molecule has 1 aromatic carbocycles. The molecule has 5 nitrogen and oxygen atoms in total. The lowest BCUT2D eigenvalue weighted by Gasteiger charge is -2.15. The Balaban J connectivity index is 2.51. The van der Waals surface area contributed by atoms with Gasteiger partial charge in [-0.3, -0.25) is 4.79 Å². The predicted octanol–water partition coefficient (Wildman–Crippen LogP) is 2.96. The molecule has 0 amide bonds. The summed E-state index contributed by atoms with van der Waals surface area (Å²) in [7, 11) is 0. The van der Waals surface area contributed by atoms with Gasteiger partial charge >= 0.3 is 5.97 Å². The van der Waals surface area contributed by atoms with Gasteiger partial charge in [0.25, 0.3) is 5.56 Å². The number of benzene rings is 1. The van der Waals surface area contributed by atoms with Crippen molar-refractivity contribution in [3.8, 4) is 11.3 Å². The molecule has 0 fully saturated rings. The highest BCUT2D eigenvalue weighted by molar-refractivity contribution is 5.73. The lowest BCUT2D eigenvalue weighted by Crippen LogP contribution is -2.31. The van der Waals surface area contributed by atoms with Crippen LogP contribution in [0.5, 0.6) is 0 Å². The summed E-state index contributed by atoms with van der Waals surface area (Å²) in [5.41, 5.74) is 4.74. The van der Waals surface area contributed by atoms with Crippen molar-refractivity contribution in [3.63, 3.8) is 0 Å². The molecular formula is C18H22N2O3. The van der Waals surface area contributed by atoms with Crippen molar-refractivity contribution in [1.82, 2.24) is 9.78 Å². The number of ether oxygens (including phenoxy) is 1. The van der Waals surface area contributed by atoms with E-state index in [-0.39, 0.29) is 12.2 Å². The van der Waals surface area contributed by atoms with Crippen molar-refractivity contribution in [1.29, 1.82) is 0 Å². The highest BCUT2D eigenvalue weighted by Gasteiger charge is 2.19. The summed E-state index contributed by atoms with van der Waals surface area (Å²) < 4.78 is 6.16. The molecular weight excluding hydrogens is 292 g/mol. The Kier molecular flexibility index (Phi) is 4.98. The van der Waals surface area contributed by atoms with Gasteiger partial charge in [-0.15, -0.1) is 0 Å². The number of rotatable bonds is 4.